The molecule has 0 saturated carbocycles. The zero-order valence-corrected chi connectivity index (χ0v) is 8.22. The number of nitrogens with zero attached hydrogens (tertiary/aromatic N) is 3. The predicted octanol–water partition coefficient (Wildman–Crippen LogP) is 1.94. The molecule has 0 aromatic carbocycles. The maximum atomic E-state index is 4.16. The number of hydrogen-bond donors (Lipinski definition) is 0. The number of amidine groups is 1. The fourth-order valence-corrected chi connectivity index (χ4v) is 2.29. The maximum Gasteiger partial charge on any atom is 0.170 e. The van der Waals surface area contributed by atoms with E-state index in [9.17, 15) is 0 Å². The second-order valence-corrected chi connectivity index (χ2v) is 4.90. The molecule has 2 rings (SSSR count). The van der Waals surface area contributed by atoms with E-state index in [4.69, 9.17) is 0 Å². The molecule has 0 amide bonds. The van der Waals surface area contributed by atoms with Crippen LogP contribution in [0, 0.1) is 5.41 Å². The molecule has 2 aliphatic heterocycles. The Bertz CT molecular complexity index is 296. The van der Waals surface area contributed by atoms with Gasteiger partial charge in [-0.1, -0.05) is 32.5 Å². The first-order valence-electron chi connectivity index (χ1n) is 3.93. The third-order valence-electron chi connectivity index (χ3n) is 1.89. The van der Waals surface area contributed by atoms with Crippen LogP contribution in [-0.4, -0.2) is 22.3 Å². The minimum absolute atomic E-state index is 0.108. The van der Waals surface area contributed by atoms with Crippen LogP contribution in [0.4, 0.5) is 0 Å². The summed E-state index contributed by atoms with van der Waals surface area (Å²) in [5, 5.41) is 8.49. The lowest BCUT2D eigenvalue weighted by molar-refractivity contribution is 0.586. The predicted molar refractivity (Wildman–Crippen MR) is 54.2 cm³/mol. The average Bonchev–Trinajstić information content (AvgIpc) is 2.37. The molecule has 4 heteroatoms. The lowest BCUT2D eigenvalue weighted by Gasteiger charge is -2.20. The van der Waals surface area contributed by atoms with E-state index < -0.39 is 0 Å². The molecule has 0 aliphatic carbocycles. The molecule has 0 aromatic heterocycles. The SMILES string of the molecule is CC(C)(C)C1=NN=C2N=CSC21. The van der Waals surface area contributed by atoms with Crippen LogP contribution in [-0.2, 0) is 0 Å². The summed E-state index contributed by atoms with van der Waals surface area (Å²) in [6, 6.07) is 0. The highest BCUT2D eigenvalue weighted by Crippen LogP contribution is 2.32. The normalized spacial score (nSPS) is 27.1. The topological polar surface area (TPSA) is 37.1 Å². The molecule has 0 radical (unpaired) electrons. The summed E-state index contributed by atoms with van der Waals surface area (Å²) in [6.45, 7) is 6.47. The molecule has 1 atom stereocenters. The van der Waals surface area contributed by atoms with E-state index >= 15 is 0 Å². The van der Waals surface area contributed by atoms with Gasteiger partial charge in [0.05, 0.1) is 11.3 Å². The zero-order valence-electron chi connectivity index (χ0n) is 7.40. The second kappa shape index (κ2) is 2.42. The Morgan fingerprint density at radius 3 is 2.75 bits per heavy atom. The summed E-state index contributed by atoms with van der Waals surface area (Å²) < 4.78 is 0. The van der Waals surface area contributed by atoms with Crippen LogP contribution in [0.15, 0.2) is 15.2 Å². The van der Waals surface area contributed by atoms with E-state index in [1.54, 1.807) is 11.8 Å². The fraction of sp³-hybridized carbons (Fsp3) is 0.625. The highest BCUT2D eigenvalue weighted by Gasteiger charge is 2.36. The molecule has 2 heterocycles. The Morgan fingerprint density at radius 1 is 1.33 bits per heavy atom. The van der Waals surface area contributed by atoms with Crippen molar-refractivity contribution in [1.29, 1.82) is 0 Å². The smallest absolute Gasteiger partial charge is 0.170 e. The molecule has 0 bridgehead atoms. The quantitative estimate of drug-likeness (QED) is 0.562. The van der Waals surface area contributed by atoms with Crippen LogP contribution in [0.3, 0.4) is 0 Å². The summed E-state index contributed by atoms with van der Waals surface area (Å²) in [4.78, 5) is 4.13. The van der Waals surface area contributed by atoms with Crippen LogP contribution >= 0.6 is 11.8 Å². The number of rotatable bonds is 0. The van der Waals surface area contributed by atoms with Gasteiger partial charge >= 0.3 is 0 Å². The zero-order chi connectivity index (χ0) is 8.77. The van der Waals surface area contributed by atoms with E-state index in [0.29, 0.717) is 5.25 Å². The molecular weight excluding hydrogens is 170 g/mol. The summed E-state index contributed by atoms with van der Waals surface area (Å²) in [5.74, 6) is 0.866. The average molecular weight is 181 g/mol. The number of thioether (sulfide) groups is 1. The van der Waals surface area contributed by atoms with Gasteiger partial charge in [-0.25, -0.2) is 4.99 Å². The molecule has 2 aliphatic rings. The second-order valence-electron chi connectivity index (χ2n) is 3.94. The first kappa shape index (κ1) is 7.98. The van der Waals surface area contributed by atoms with Gasteiger partial charge in [0.2, 0.25) is 0 Å². The molecule has 0 saturated heterocycles. The molecule has 0 spiro atoms. The van der Waals surface area contributed by atoms with Crippen LogP contribution in [0.1, 0.15) is 20.8 Å². The van der Waals surface area contributed by atoms with Gasteiger partial charge in [-0.3, -0.25) is 0 Å². The van der Waals surface area contributed by atoms with Crippen molar-refractivity contribution >= 4 is 28.9 Å². The summed E-state index contributed by atoms with van der Waals surface area (Å²) in [7, 11) is 0. The monoisotopic (exact) mass is 181 g/mol. The summed E-state index contributed by atoms with van der Waals surface area (Å²) in [5.41, 5.74) is 3.10. The van der Waals surface area contributed by atoms with Gasteiger partial charge in [0.25, 0.3) is 0 Å². The standard InChI is InChI=1S/C8H11N3S/c1-8(2,3)6-5-7(11-10-6)9-4-12-5/h4-5H,1-3H3. The third-order valence-corrected chi connectivity index (χ3v) is 2.83. The first-order valence-corrected chi connectivity index (χ1v) is 4.87. The largest absolute Gasteiger partial charge is 0.231 e. The highest BCUT2D eigenvalue weighted by atomic mass is 32.2. The minimum atomic E-state index is 0.108. The van der Waals surface area contributed by atoms with Crippen molar-refractivity contribution in [2.75, 3.05) is 0 Å². The van der Waals surface area contributed by atoms with E-state index in [0.717, 1.165) is 11.5 Å². The lowest BCUT2D eigenvalue weighted by atomic mass is 9.88. The highest BCUT2D eigenvalue weighted by molar-refractivity contribution is 8.14. The molecule has 0 fully saturated rings. The van der Waals surface area contributed by atoms with Crippen molar-refractivity contribution in [3.05, 3.63) is 0 Å². The van der Waals surface area contributed by atoms with E-state index in [1.165, 1.54) is 0 Å². The van der Waals surface area contributed by atoms with Gasteiger partial charge in [-0.05, 0) is 0 Å². The van der Waals surface area contributed by atoms with Crippen molar-refractivity contribution in [1.82, 2.24) is 0 Å². The Hall–Kier alpha value is -0.640. The Morgan fingerprint density at radius 2 is 2.08 bits per heavy atom. The first-order chi connectivity index (χ1) is 5.59. The van der Waals surface area contributed by atoms with E-state index in [-0.39, 0.29) is 5.41 Å². The summed E-state index contributed by atoms with van der Waals surface area (Å²) >= 11 is 1.69. The maximum absolute atomic E-state index is 4.16. The molecular formula is C8H11N3S. The summed E-state index contributed by atoms with van der Waals surface area (Å²) in [6.07, 6.45) is 0. The van der Waals surface area contributed by atoms with Gasteiger partial charge in [0.1, 0.15) is 5.25 Å². The van der Waals surface area contributed by atoms with Crippen LogP contribution in [0.2, 0.25) is 0 Å². The molecule has 64 valence electrons. The van der Waals surface area contributed by atoms with Crippen molar-refractivity contribution in [2.24, 2.45) is 20.6 Å². The van der Waals surface area contributed by atoms with Crippen molar-refractivity contribution in [3.63, 3.8) is 0 Å². The molecule has 0 N–H and O–H groups in total. The van der Waals surface area contributed by atoms with Gasteiger partial charge in [0.15, 0.2) is 5.84 Å². The van der Waals surface area contributed by atoms with Gasteiger partial charge in [-0.2, -0.15) is 5.10 Å². The minimum Gasteiger partial charge on any atom is -0.231 e. The third kappa shape index (κ3) is 1.10. The van der Waals surface area contributed by atoms with Gasteiger partial charge in [0, 0.05) is 5.41 Å². The van der Waals surface area contributed by atoms with Gasteiger partial charge < -0.3 is 0 Å². The van der Waals surface area contributed by atoms with Crippen molar-refractivity contribution in [2.45, 2.75) is 26.0 Å². The number of fused-ring (bicyclic) bond motifs is 1. The van der Waals surface area contributed by atoms with Crippen molar-refractivity contribution < 1.29 is 0 Å². The van der Waals surface area contributed by atoms with Crippen LogP contribution < -0.4 is 0 Å². The number of hydrogen-bond acceptors (Lipinski definition) is 4. The van der Waals surface area contributed by atoms with Crippen LogP contribution in [0.25, 0.3) is 0 Å². The Kier molecular flexibility index (Phi) is 1.61. The van der Waals surface area contributed by atoms with Gasteiger partial charge in [-0.15, -0.1) is 5.10 Å². The molecule has 12 heavy (non-hydrogen) atoms. The van der Waals surface area contributed by atoms with E-state index in [1.807, 2.05) is 5.55 Å². The molecule has 0 aromatic rings. The number of aliphatic imine (C=N–C) groups is 1. The fourth-order valence-electron chi connectivity index (χ4n) is 1.24. The molecule has 3 nitrogen and oxygen atoms in total. The van der Waals surface area contributed by atoms with Crippen molar-refractivity contribution in [3.8, 4) is 0 Å². The molecule has 1 unspecified atom stereocenters. The Balaban J connectivity index is 2.26. The lowest BCUT2D eigenvalue weighted by Crippen LogP contribution is -2.30. The van der Waals surface area contributed by atoms with E-state index in [2.05, 4.69) is 36.0 Å². The Labute approximate surface area is 76.1 Å². The van der Waals surface area contributed by atoms with Crippen LogP contribution in [0.5, 0.6) is 0 Å².